The molecule has 6 heteroatoms. The Labute approximate surface area is 172 Å². The summed E-state index contributed by atoms with van der Waals surface area (Å²) in [5.41, 5.74) is 4.75. The first-order valence-electron chi connectivity index (χ1n) is 9.57. The van der Waals surface area contributed by atoms with Crippen molar-refractivity contribution in [3.63, 3.8) is 0 Å². The van der Waals surface area contributed by atoms with E-state index in [1.807, 2.05) is 69.7 Å². The van der Waals surface area contributed by atoms with Gasteiger partial charge in [-0.05, 0) is 49.5 Å². The molecule has 29 heavy (non-hydrogen) atoms. The highest BCUT2D eigenvalue weighted by molar-refractivity contribution is 5.94. The Balaban J connectivity index is 1.71. The first-order chi connectivity index (χ1) is 14.0. The zero-order chi connectivity index (χ0) is 20.8. The van der Waals surface area contributed by atoms with Crippen LogP contribution in [0.5, 0.6) is 0 Å². The molecule has 0 fully saturated rings. The van der Waals surface area contributed by atoms with E-state index in [0.29, 0.717) is 12.1 Å². The molecule has 0 unspecified atom stereocenters. The van der Waals surface area contributed by atoms with Crippen molar-refractivity contribution in [3.05, 3.63) is 77.4 Å². The van der Waals surface area contributed by atoms with Gasteiger partial charge in [0.15, 0.2) is 0 Å². The normalized spacial score (nSPS) is 10.8. The van der Waals surface area contributed by atoms with E-state index in [1.54, 1.807) is 11.9 Å². The lowest BCUT2D eigenvalue weighted by molar-refractivity contribution is 0.0784. The van der Waals surface area contributed by atoms with Gasteiger partial charge in [-0.2, -0.15) is 0 Å². The molecule has 0 saturated heterocycles. The number of rotatable bonds is 7. The van der Waals surface area contributed by atoms with Crippen LogP contribution in [-0.4, -0.2) is 54.1 Å². The van der Waals surface area contributed by atoms with E-state index in [2.05, 4.69) is 32.5 Å². The third-order valence-corrected chi connectivity index (χ3v) is 4.71. The summed E-state index contributed by atoms with van der Waals surface area (Å²) in [4.78, 5) is 16.8. The molecule has 0 aliphatic carbocycles. The Morgan fingerprint density at radius 1 is 0.862 bits per heavy atom. The van der Waals surface area contributed by atoms with E-state index >= 15 is 0 Å². The molecular weight excluding hydrogens is 362 g/mol. The molecule has 1 N–H and O–H groups in total. The highest BCUT2D eigenvalue weighted by Gasteiger charge is 2.14. The number of aromatic nitrogens is 2. The SMILES string of the molecule is CNc1ccc(-c2ccc(C(=O)N(C)Cc3ccccc3CN(C)C)cc2)nn1. The van der Waals surface area contributed by atoms with Crippen LogP contribution < -0.4 is 5.32 Å². The number of hydrogen-bond acceptors (Lipinski definition) is 5. The highest BCUT2D eigenvalue weighted by Crippen LogP contribution is 2.19. The molecule has 1 aromatic heterocycles. The molecule has 150 valence electrons. The predicted molar refractivity (Wildman–Crippen MR) is 117 cm³/mol. The van der Waals surface area contributed by atoms with Crippen LogP contribution in [0.25, 0.3) is 11.3 Å². The summed E-state index contributed by atoms with van der Waals surface area (Å²) in [5, 5.41) is 11.3. The van der Waals surface area contributed by atoms with Gasteiger partial charge in [0, 0.05) is 38.3 Å². The van der Waals surface area contributed by atoms with E-state index in [-0.39, 0.29) is 5.91 Å². The van der Waals surface area contributed by atoms with Crippen molar-refractivity contribution >= 4 is 11.7 Å². The van der Waals surface area contributed by atoms with Crippen molar-refractivity contribution in [1.29, 1.82) is 0 Å². The van der Waals surface area contributed by atoms with Crippen LogP contribution in [-0.2, 0) is 13.1 Å². The molecule has 0 bridgehead atoms. The van der Waals surface area contributed by atoms with Gasteiger partial charge >= 0.3 is 0 Å². The number of anilines is 1. The summed E-state index contributed by atoms with van der Waals surface area (Å²) in [6.07, 6.45) is 0. The van der Waals surface area contributed by atoms with E-state index in [0.717, 1.165) is 29.2 Å². The standard InChI is InChI=1S/C23H27N5O/c1-24-22-14-13-21(25-26-22)17-9-11-18(12-10-17)23(29)28(4)16-20-8-6-5-7-19(20)15-27(2)3/h5-14H,15-16H2,1-4H3,(H,24,26). The Morgan fingerprint density at radius 3 is 2.07 bits per heavy atom. The minimum absolute atomic E-state index is 0.00665. The number of nitrogens with one attached hydrogen (secondary N) is 1. The molecule has 0 aliphatic rings. The second kappa shape index (κ2) is 9.30. The second-order valence-electron chi connectivity index (χ2n) is 7.30. The van der Waals surface area contributed by atoms with E-state index in [4.69, 9.17) is 0 Å². The van der Waals surface area contributed by atoms with Crippen molar-refractivity contribution in [2.24, 2.45) is 0 Å². The van der Waals surface area contributed by atoms with Gasteiger partial charge in [-0.25, -0.2) is 0 Å². The third-order valence-electron chi connectivity index (χ3n) is 4.71. The van der Waals surface area contributed by atoms with Gasteiger partial charge in [-0.15, -0.1) is 10.2 Å². The second-order valence-corrected chi connectivity index (χ2v) is 7.30. The quantitative estimate of drug-likeness (QED) is 0.670. The van der Waals surface area contributed by atoms with Gasteiger partial charge in [0.05, 0.1) is 5.69 Å². The number of hydrogen-bond donors (Lipinski definition) is 1. The maximum atomic E-state index is 12.9. The van der Waals surface area contributed by atoms with E-state index < -0.39 is 0 Å². The van der Waals surface area contributed by atoms with Crippen LogP contribution in [0.3, 0.4) is 0 Å². The molecule has 0 spiro atoms. The average Bonchev–Trinajstić information content (AvgIpc) is 2.74. The zero-order valence-electron chi connectivity index (χ0n) is 17.4. The minimum Gasteiger partial charge on any atom is -0.372 e. The number of carbonyl (C=O) groups is 1. The summed E-state index contributed by atoms with van der Waals surface area (Å²) in [6, 6.07) is 19.5. The Bertz CT molecular complexity index is 952. The monoisotopic (exact) mass is 389 g/mol. The molecule has 3 aromatic rings. The van der Waals surface area contributed by atoms with Gasteiger partial charge in [0.1, 0.15) is 5.82 Å². The number of nitrogens with zero attached hydrogens (tertiary/aromatic N) is 4. The summed E-state index contributed by atoms with van der Waals surface area (Å²) < 4.78 is 0. The van der Waals surface area contributed by atoms with Crippen molar-refractivity contribution in [3.8, 4) is 11.3 Å². The van der Waals surface area contributed by atoms with Crippen molar-refractivity contribution < 1.29 is 4.79 Å². The fourth-order valence-electron chi connectivity index (χ4n) is 3.16. The lowest BCUT2D eigenvalue weighted by Crippen LogP contribution is -2.27. The summed E-state index contributed by atoms with van der Waals surface area (Å²) in [7, 11) is 7.73. The molecule has 0 aliphatic heterocycles. The lowest BCUT2D eigenvalue weighted by Gasteiger charge is -2.21. The molecule has 1 amide bonds. The smallest absolute Gasteiger partial charge is 0.253 e. The van der Waals surface area contributed by atoms with Crippen molar-refractivity contribution in [1.82, 2.24) is 20.0 Å². The van der Waals surface area contributed by atoms with Crippen LogP contribution in [0.15, 0.2) is 60.7 Å². The molecular formula is C23H27N5O. The van der Waals surface area contributed by atoms with Gasteiger partial charge < -0.3 is 15.1 Å². The summed E-state index contributed by atoms with van der Waals surface area (Å²) >= 11 is 0. The third kappa shape index (κ3) is 5.18. The topological polar surface area (TPSA) is 61.4 Å². The van der Waals surface area contributed by atoms with Crippen LogP contribution in [0.4, 0.5) is 5.82 Å². The highest BCUT2D eigenvalue weighted by atomic mass is 16.2. The molecule has 2 aromatic carbocycles. The fraction of sp³-hybridized carbons (Fsp3) is 0.261. The molecule has 0 atom stereocenters. The molecule has 6 nitrogen and oxygen atoms in total. The number of benzene rings is 2. The van der Waals surface area contributed by atoms with Gasteiger partial charge in [0.25, 0.3) is 5.91 Å². The molecule has 3 rings (SSSR count). The minimum atomic E-state index is -0.00665. The van der Waals surface area contributed by atoms with Crippen LogP contribution in [0.2, 0.25) is 0 Å². The maximum absolute atomic E-state index is 12.9. The zero-order valence-corrected chi connectivity index (χ0v) is 17.4. The summed E-state index contributed by atoms with van der Waals surface area (Å²) in [6.45, 7) is 1.42. The largest absolute Gasteiger partial charge is 0.372 e. The molecule has 1 heterocycles. The summed E-state index contributed by atoms with van der Waals surface area (Å²) in [5.74, 6) is 0.713. The van der Waals surface area contributed by atoms with Crippen molar-refractivity contribution in [2.75, 3.05) is 33.5 Å². The van der Waals surface area contributed by atoms with Gasteiger partial charge in [-0.3, -0.25) is 4.79 Å². The van der Waals surface area contributed by atoms with Crippen LogP contribution >= 0.6 is 0 Å². The Kier molecular flexibility index (Phi) is 6.57. The number of amides is 1. The lowest BCUT2D eigenvalue weighted by atomic mass is 10.1. The van der Waals surface area contributed by atoms with Crippen LogP contribution in [0, 0.1) is 0 Å². The van der Waals surface area contributed by atoms with E-state index in [9.17, 15) is 4.79 Å². The first-order valence-corrected chi connectivity index (χ1v) is 9.57. The maximum Gasteiger partial charge on any atom is 0.253 e. The molecule has 0 saturated carbocycles. The van der Waals surface area contributed by atoms with Gasteiger partial charge in [-0.1, -0.05) is 36.4 Å². The fourth-order valence-corrected chi connectivity index (χ4v) is 3.16. The van der Waals surface area contributed by atoms with E-state index in [1.165, 1.54) is 5.56 Å². The Hall–Kier alpha value is -3.25. The van der Waals surface area contributed by atoms with Gasteiger partial charge in [0.2, 0.25) is 0 Å². The van der Waals surface area contributed by atoms with Crippen molar-refractivity contribution in [2.45, 2.75) is 13.1 Å². The molecule has 0 radical (unpaired) electrons. The van der Waals surface area contributed by atoms with Crippen LogP contribution in [0.1, 0.15) is 21.5 Å². The number of carbonyl (C=O) groups excluding carboxylic acids is 1. The Morgan fingerprint density at radius 2 is 1.52 bits per heavy atom. The average molecular weight is 390 g/mol. The predicted octanol–water partition coefficient (Wildman–Crippen LogP) is 3.52. The first kappa shape index (κ1) is 20.5.